The Morgan fingerprint density at radius 2 is 1.53 bits per heavy atom. The van der Waals surface area contributed by atoms with Gasteiger partial charge in [-0.2, -0.15) is 0 Å². The zero-order valence-electron chi connectivity index (χ0n) is 11.5. The van der Waals surface area contributed by atoms with Crippen LogP contribution in [0.25, 0.3) is 11.1 Å². The van der Waals surface area contributed by atoms with Crippen LogP contribution in [-0.4, -0.2) is 0 Å². The molecule has 0 aromatic heterocycles. The highest BCUT2D eigenvalue weighted by molar-refractivity contribution is 5.65. The van der Waals surface area contributed by atoms with Gasteiger partial charge in [-0.25, -0.2) is 8.78 Å². The van der Waals surface area contributed by atoms with Gasteiger partial charge in [0.1, 0.15) is 0 Å². The third-order valence-corrected chi connectivity index (χ3v) is 3.40. The molecule has 2 heteroatoms. The van der Waals surface area contributed by atoms with E-state index in [2.05, 4.69) is 32.9 Å². The molecule has 2 aromatic rings. The topological polar surface area (TPSA) is 0 Å². The standard InChI is InChI=1S/C17H18F2/c1-4-12-5-6-13(9-15(12)11(2)3)14-7-8-16(18)17(19)10-14/h5-11H,4H2,1-3H3. The van der Waals surface area contributed by atoms with Crippen LogP contribution in [0.3, 0.4) is 0 Å². The van der Waals surface area contributed by atoms with Crippen LogP contribution in [0.15, 0.2) is 36.4 Å². The van der Waals surface area contributed by atoms with Gasteiger partial charge in [0.2, 0.25) is 0 Å². The van der Waals surface area contributed by atoms with Crippen LogP contribution >= 0.6 is 0 Å². The Morgan fingerprint density at radius 3 is 2.11 bits per heavy atom. The third-order valence-electron chi connectivity index (χ3n) is 3.40. The smallest absolute Gasteiger partial charge is 0.159 e. The predicted octanol–water partition coefficient (Wildman–Crippen LogP) is 5.32. The molecular formula is C17H18F2. The minimum absolute atomic E-state index is 0.417. The molecular weight excluding hydrogens is 242 g/mol. The number of halogens is 2. The molecule has 0 atom stereocenters. The molecule has 100 valence electrons. The first kappa shape index (κ1) is 13.7. The second kappa shape index (κ2) is 5.52. The van der Waals surface area contributed by atoms with E-state index in [1.165, 1.54) is 23.3 Å². The minimum atomic E-state index is -0.807. The molecule has 2 aromatic carbocycles. The molecule has 0 saturated heterocycles. The summed E-state index contributed by atoms with van der Waals surface area (Å²) in [5, 5.41) is 0. The van der Waals surface area contributed by atoms with Crippen molar-refractivity contribution >= 4 is 0 Å². The van der Waals surface area contributed by atoms with E-state index in [-0.39, 0.29) is 0 Å². The molecule has 0 bridgehead atoms. The Balaban J connectivity index is 2.50. The van der Waals surface area contributed by atoms with E-state index in [9.17, 15) is 8.78 Å². The van der Waals surface area contributed by atoms with Crippen molar-refractivity contribution in [1.82, 2.24) is 0 Å². The van der Waals surface area contributed by atoms with Gasteiger partial charge in [0.25, 0.3) is 0 Å². The van der Waals surface area contributed by atoms with Crippen molar-refractivity contribution in [1.29, 1.82) is 0 Å². The predicted molar refractivity (Wildman–Crippen MR) is 75.3 cm³/mol. The molecule has 0 N–H and O–H groups in total. The molecule has 0 nitrogen and oxygen atoms in total. The number of aryl methyl sites for hydroxylation is 1. The maximum atomic E-state index is 13.3. The molecule has 0 amide bonds. The summed E-state index contributed by atoms with van der Waals surface area (Å²) in [6, 6.07) is 10.2. The van der Waals surface area contributed by atoms with Gasteiger partial charge in [-0.15, -0.1) is 0 Å². The van der Waals surface area contributed by atoms with Gasteiger partial charge in [0.05, 0.1) is 0 Å². The number of hydrogen-bond donors (Lipinski definition) is 0. The van der Waals surface area contributed by atoms with Crippen LogP contribution in [0.5, 0.6) is 0 Å². The molecule has 0 aliphatic carbocycles. The molecule has 0 heterocycles. The quantitative estimate of drug-likeness (QED) is 0.700. The van der Waals surface area contributed by atoms with Crippen molar-refractivity contribution in [3.63, 3.8) is 0 Å². The largest absolute Gasteiger partial charge is 0.204 e. The van der Waals surface area contributed by atoms with E-state index in [0.29, 0.717) is 11.5 Å². The van der Waals surface area contributed by atoms with Crippen molar-refractivity contribution in [2.24, 2.45) is 0 Å². The lowest BCUT2D eigenvalue weighted by molar-refractivity contribution is 0.509. The average molecular weight is 260 g/mol. The first-order valence-electron chi connectivity index (χ1n) is 6.61. The molecule has 0 aliphatic heterocycles. The maximum absolute atomic E-state index is 13.3. The van der Waals surface area contributed by atoms with Gasteiger partial charge < -0.3 is 0 Å². The summed E-state index contributed by atoms with van der Waals surface area (Å²) in [6.45, 7) is 6.41. The van der Waals surface area contributed by atoms with Crippen LogP contribution in [0.2, 0.25) is 0 Å². The Hall–Kier alpha value is -1.70. The first-order valence-corrected chi connectivity index (χ1v) is 6.61. The van der Waals surface area contributed by atoms with Crippen LogP contribution in [0.4, 0.5) is 8.78 Å². The van der Waals surface area contributed by atoms with Gasteiger partial charge in [-0.1, -0.05) is 45.0 Å². The van der Waals surface area contributed by atoms with Crippen LogP contribution in [0.1, 0.15) is 37.8 Å². The summed E-state index contributed by atoms with van der Waals surface area (Å²) in [7, 11) is 0. The van der Waals surface area contributed by atoms with Crippen LogP contribution in [-0.2, 0) is 6.42 Å². The molecule has 0 spiro atoms. The molecule has 0 fully saturated rings. The monoisotopic (exact) mass is 260 g/mol. The average Bonchev–Trinajstić information content (AvgIpc) is 2.41. The summed E-state index contributed by atoms with van der Waals surface area (Å²) in [6.07, 6.45) is 0.978. The second-order valence-corrected chi connectivity index (χ2v) is 5.05. The molecule has 0 aliphatic rings. The highest BCUT2D eigenvalue weighted by Gasteiger charge is 2.09. The minimum Gasteiger partial charge on any atom is -0.204 e. The van der Waals surface area contributed by atoms with E-state index in [4.69, 9.17) is 0 Å². The summed E-state index contributed by atoms with van der Waals surface area (Å²) in [5.74, 6) is -1.19. The molecule has 0 saturated carbocycles. The van der Waals surface area contributed by atoms with E-state index < -0.39 is 11.6 Å². The number of rotatable bonds is 3. The van der Waals surface area contributed by atoms with Crippen LogP contribution < -0.4 is 0 Å². The fourth-order valence-corrected chi connectivity index (χ4v) is 2.31. The zero-order valence-corrected chi connectivity index (χ0v) is 11.5. The SMILES string of the molecule is CCc1ccc(-c2ccc(F)c(F)c2)cc1C(C)C. The summed E-state index contributed by atoms with van der Waals surface area (Å²) < 4.78 is 26.3. The summed E-state index contributed by atoms with van der Waals surface area (Å²) in [4.78, 5) is 0. The second-order valence-electron chi connectivity index (χ2n) is 5.05. The maximum Gasteiger partial charge on any atom is 0.159 e. The number of hydrogen-bond acceptors (Lipinski definition) is 0. The van der Waals surface area contributed by atoms with Crippen molar-refractivity contribution in [2.45, 2.75) is 33.1 Å². The molecule has 19 heavy (non-hydrogen) atoms. The summed E-state index contributed by atoms with van der Waals surface area (Å²) >= 11 is 0. The van der Waals surface area contributed by atoms with Gasteiger partial charge >= 0.3 is 0 Å². The highest BCUT2D eigenvalue weighted by Crippen LogP contribution is 2.28. The van der Waals surface area contributed by atoms with Gasteiger partial charge in [0.15, 0.2) is 11.6 Å². The van der Waals surface area contributed by atoms with E-state index in [1.807, 2.05) is 6.07 Å². The highest BCUT2D eigenvalue weighted by atomic mass is 19.2. The lowest BCUT2D eigenvalue weighted by Gasteiger charge is -2.14. The summed E-state index contributed by atoms with van der Waals surface area (Å²) in [5.41, 5.74) is 4.22. The van der Waals surface area contributed by atoms with E-state index >= 15 is 0 Å². The third kappa shape index (κ3) is 2.83. The van der Waals surface area contributed by atoms with Crippen molar-refractivity contribution in [3.05, 3.63) is 59.2 Å². The van der Waals surface area contributed by atoms with Gasteiger partial charge in [-0.3, -0.25) is 0 Å². The molecule has 2 rings (SSSR count). The van der Waals surface area contributed by atoms with Crippen LogP contribution in [0, 0.1) is 11.6 Å². The zero-order chi connectivity index (χ0) is 14.0. The molecule has 0 radical (unpaired) electrons. The van der Waals surface area contributed by atoms with Gasteiger partial charge in [0, 0.05) is 0 Å². The Kier molecular flexibility index (Phi) is 3.98. The normalized spacial score (nSPS) is 11.1. The fourth-order valence-electron chi connectivity index (χ4n) is 2.31. The van der Waals surface area contributed by atoms with Gasteiger partial charge in [-0.05, 0) is 46.7 Å². The fraction of sp³-hybridized carbons (Fsp3) is 0.294. The Bertz CT molecular complexity index is 586. The number of benzene rings is 2. The van der Waals surface area contributed by atoms with Crippen molar-refractivity contribution in [3.8, 4) is 11.1 Å². The lowest BCUT2D eigenvalue weighted by Crippen LogP contribution is -1.96. The first-order chi connectivity index (χ1) is 9.02. The Labute approximate surface area is 113 Å². The lowest BCUT2D eigenvalue weighted by atomic mass is 9.91. The van der Waals surface area contributed by atoms with Crippen molar-refractivity contribution < 1.29 is 8.78 Å². The van der Waals surface area contributed by atoms with Crippen molar-refractivity contribution in [2.75, 3.05) is 0 Å². The molecule has 0 unspecified atom stereocenters. The Morgan fingerprint density at radius 1 is 0.895 bits per heavy atom. The van der Waals surface area contributed by atoms with E-state index in [1.54, 1.807) is 6.07 Å². The van der Waals surface area contributed by atoms with E-state index in [0.717, 1.165) is 12.0 Å².